The second-order valence-corrected chi connectivity index (χ2v) is 5.63. The number of amides is 1. The van der Waals surface area contributed by atoms with Crippen LogP contribution in [0.15, 0.2) is 24.3 Å². The number of hydrogen-bond acceptors (Lipinski definition) is 1. The molecule has 2 rings (SSSR count). The first kappa shape index (κ1) is 13.6. The summed E-state index contributed by atoms with van der Waals surface area (Å²) in [5, 5.41) is 4.05. The van der Waals surface area contributed by atoms with E-state index in [1.165, 1.54) is 11.1 Å². The molecule has 1 aromatic rings. The molecule has 3 heteroatoms. The molecule has 0 heterocycles. The van der Waals surface area contributed by atoms with Crippen molar-refractivity contribution in [3.63, 3.8) is 0 Å². The Labute approximate surface area is 117 Å². The average Bonchev–Trinajstić information content (AvgIpc) is 2.37. The molecule has 1 unspecified atom stereocenters. The maximum Gasteiger partial charge on any atom is 0.228 e. The van der Waals surface area contributed by atoms with E-state index in [4.69, 9.17) is 0 Å². The van der Waals surface area contributed by atoms with Gasteiger partial charge in [0.2, 0.25) is 5.91 Å². The molecule has 0 radical (unpaired) electrons. The van der Waals surface area contributed by atoms with Gasteiger partial charge in [-0.2, -0.15) is 0 Å². The summed E-state index contributed by atoms with van der Waals surface area (Å²) in [6.45, 7) is 4.25. The maximum atomic E-state index is 12.3. The van der Waals surface area contributed by atoms with Gasteiger partial charge in [0.25, 0.3) is 0 Å². The lowest BCUT2D eigenvalue weighted by atomic mass is 9.76. The standard InChI is InChI=1S/C15H20BrNO/c1-3-15(4-2,10-16)17-14(18)13-9-11-7-5-6-8-12(11)13/h5-8,13H,3-4,9-10H2,1-2H3,(H,17,18). The minimum Gasteiger partial charge on any atom is -0.349 e. The average molecular weight is 310 g/mol. The molecule has 0 aromatic heterocycles. The SMILES string of the molecule is CCC(CC)(CBr)NC(=O)C1Cc2ccccc21. The van der Waals surface area contributed by atoms with Crippen molar-refractivity contribution < 1.29 is 4.79 Å². The van der Waals surface area contributed by atoms with Gasteiger partial charge in [-0.15, -0.1) is 0 Å². The Bertz CT molecular complexity index is 432. The van der Waals surface area contributed by atoms with Gasteiger partial charge < -0.3 is 5.32 Å². The molecule has 1 N–H and O–H groups in total. The molecule has 0 saturated carbocycles. The minimum atomic E-state index is -0.0956. The van der Waals surface area contributed by atoms with Crippen LogP contribution in [0.4, 0.5) is 0 Å². The Balaban J connectivity index is 2.07. The van der Waals surface area contributed by atoms with Crippen LogP contribution in [0.2, 0.25) is 0 Å². The lowest BCUT2D eigenvalue weighted by Crippen LogP contribution is -2.52. The molecule has 0 fully saturated rings. The lowest BCUT2D eigenvalue weighted by molar-refractivity contribution is -0.124. The van der Waals surface area contributed by atoms with Gasteiger partial charge >= 0.3 is 0 Å². The van der Waals surface area contributed by atoms with Crippen LogP contribution in [0.25, 0.3) is 0 Å². The zero-order valence-corrected chi connectivity index (χ0v) is 12.6. The first-order valence-electron chi connectivity index (χ1n) is 6.61. The number of alkyl halides is 1. The third-order valence-electron chi connectivity index (χ3n) is 4.17. The largest absolute Gasteiger partial charge is 0.349 e. The predicted octanol–water partition coefficient (Wildman–Crippen LogP) is 3.40. The Morgan fingerprint density at radius 3 is 2.61 bits per heavy atom. The van der Waals surface area contributed by atoms with Gasteiger partial charge in [-0.3, -0.25) is 4.79 Å². The fraction of sp³-hybridized carbons (Fsp3) is 0.533. The van der Waals surface area contributed by atoms with Crippen molar-refractivity contribution in [2.24, 2.45) is 0 Å². The fourth-order valence-corrected chi connectivity index (χ4v) is 3.42. The first-order chi connectivity index (χ1) is 8.65. The molecule has 0 spiro atoms. The summed E-state index contributed by atoms with van der Waals surface area (Å²) < 4.78 is 0. The molecule has 1 aliphatic rings. The normalized spacial score (nSPS) is 17.8. The maximum absolute atomic E-state index is 12.3. The lowest BCUT2D eigenvalue weighted by Gasteiger charge is -2.36. The molecule has 0 bridgehead atoms. The molecule has 98 valence electrons. The molecule has 0 aliphatic heterocycles. The minimum absolute atomic E-state index is 0.0534. The van der Waals surface area contributed by atoms with Crippen LogP contribution in [0.5, 0.6) is 0 Å². The van der Waals surface area contributed by atoms with E-state index < -0.39 is 0 Å². The van der Waals surface area contributed by atoms with Crippen LogP contribution in [-0.2, 0) is 11.2 Å². The van der Waals surface area contributed by atoms with Gasteiger partial charge in [-0.1, -0.05) is 54.0 Å². The molecule has 1 amide bonds. The monoisotopic (exact) mass is 309 g/mol. The smallest absolute Gasteiger partial charge is 0.228 e. The van der Waals surface area contributed by atoms with Crippen LogP contribution in [0.3, 0.4) is 0 Å². The predicted molar refractivity (Wildman–Crippen MR) is 78.1 cm³/mol. The van der Waals surface area contributed by atoms with Crippen molar-refractivity contribution in [1.29, 1.82) is 0 Å². The summed E-state index contributed by atoms with van der Waals surface area (Å²) in [4.78, 5) is 12.3. The van der Waals surface area contributed by atoms with Crippen LogP contribution in [0, 0.1) is 0 Å². The van der Waals surface area contributed by atoms with Crippen molar-refractivity contribution in [3.8, 4) is 0 Å². The van der Waals surface area contributed by atoms with E-state index >= 15 is 0 Å². The van der Waals surface area contributed by atoms with E-state index in [9.17, 15) is 4.79 Å². The second-order valence-electron chi connectivity index (χ2n) is 5.07. The van der Waals surface area contributed by atoms with Crippen LogP contribution in [0.1, 0.15) is 43.7 Å². The number of fused-ring (bicyclic) bond motifs is 1. The highest BCUT2D eigenvalue weighted by Crippen LogP contribution is 2.35. The molecule has 0 saturated heterocycles. The number of carbonyl (C=O) groups is 1. The Morgan fingerprint density at radius 2 is 2.06 bits per heavy atom. The highest BCUT2D eigenvalue weighted by molar-refractivity contribution is 9.09. The quantitative estimate of drug-likeness (QED) is 0.830. The van der Waals surface area contributed by atoms with Crippen molar-refractivity contribution in [3.05, 3.63) is 35.4 Å². The van der Waals surface area contributed by atoms with E-state index in [-0.39, 0.29) is 17.4 Å². The van der Waals surface area contributed by atoms with Crippen molar-refractivity contribution in [1.82, 2.24) is 5.32 Å². The van der Waals surface area contributed by atoms with Crippen molar-refractivity contribution >= 4 is 21.8 Å². The summed E-state index contributed by atoms with van der Waals surface area (Å²) in [7, 11) is 0. The molecule has 1 aromatic carbocycles. The summed E-state index contributed by atoms with van der Waals surface area (Å²) >= 11 is 3.53. The zero-order chi connectivity index (χ0) is 13.2. The van der Waals surface area contributed by atoms with Gasteiger partial charge in [-0.05, 0) is 30.4 Å². The van der Waals surface area contributed by atoms with E-state index in [0.29, 0.717) is 0 Å². The second kappa shape index (κ2) is 5.43. The number of nitrogens with one attached hydrogen (secondary N) is 1. The topological polar surface area (TPSA) is 29.1 Å². The van der Waals surface area contributed by atoms with Gasteiger partial charge in [0, 0.05) is 10.9 Å². The van der Waals surface area contributed by atoms with Crippen molar-refractivity contribution in [2.75, 3.05) is 5.33 Å². The van der Waals surface area contributed by atoms with Crippen LogP contribution in [-0.4, -0.2) is 16.8 Å². The Morgan fingerprint density at radius 1 is 1.39 bits per heavy atom. The van der Waals surface area contributed by atoms with Gasteiger partial charge in [-0.25, -0.2) is 0 Å². The van der Waals surface area contributed by atoms with Crippen LogP contribution < -0.4 is 5.32 Å². The summed E-state index contributed by atoms with van der Waals surface area (Å²) in [6.07, 6.45) is 2.79. The molecular weight excluding hydrogens is 290 g/mol. The number of carbonyl (C=O) groups excluding carboxylic acids is 1. The first-order valence-corrected chi connectivity index (χ1v) is 7.73. The van der Waals surface area contributed by atoms with E-state index in [1.54, 1.807) is 0 Å². The summed E-state index contributed by atoms with van der Waals surface area (Å²) in [6, 6.07) is 8.22. The van der Waals surface area contributed by atoms with Gasteiger partial charge in [0.1, 0.15) is 0 Å². The number of benzene rings is 1. The fourth-order valence-electron chi connectivity index (χ4n) is 2.49. The summed E-state index contributed by atoms with van der Waals surface area (Å²) in [5.41, 5.74) is 2.42. The zero-order valence-electron chi connectivity index (χ0n) is 11.0. The van der Waals surface area contributed by atoms with Gasteiger partial charge in [0.05, 0.1) is 5.92 Å². The number of hydrogen-bond donors (Lipinski definition) is 1. The van der Waals surface area contributed by atoms with Gasteiger partial charge in [0.15, 0.2) is 0 Å². The Kier molecular flexibility index (Phi) is 4.10. The van der Waals surface area contributed by atoms with Crippen molar-refractivity contribution in [2.45, 2.75) is 44.6 Å². The van der Waals surface area contributed by atoms with Crippen LogP contribution >= 0.6 is 15.9 Å². The molecule has 1 aliphatic carbocycles. The number of rotatable bonds is 5. The highest BCUT2D eigenvalue weighted by Gasteiger charge is 2.35. The Hall–Kier alpha value is -0.830. The molecular formula is C15H20BrNO. The molecule has 2 nitrogen and oxygen atoms in total. The third-order valence-corrected chi connectivity index (χ3v) is 5.24. The number of halogens is 1. The van der Waals surface area contributed by atoms with E-state index in [0.717, 1.165) is 24.6 Å². The molecule has 18 heavy (non-hydrogen) atoms. The third kappa shape index (κ3) is 2.33. The molecule has 1 atom stereocenters. The van der Waals surface area contributed by atoms with E-state index in [1.807, 2.05) is 12.1 Å². The highest BCUT2D eigenvalue weighted by atomic mass is 79.9. The van der Waals surface area contributed by atoms with E-state index in [2.05, 4.69) is 47.2 Å². The summed E-state index contributed by atoms with van der Waals surface area (Å²) in [5.74, 6) is 0.231.